The average molecular weight is 301 g/mol. The third kappa shape index (κ3) is 2.64. The first-order valence-corrected chi connectivity index (χ1v) is 6.69. The van der Waals surface area contributed by atoms with Crippen molar-refractivity contribution in [1.29, 1.82) is 0 Å². The molecule has 0 aliphatic carbocycles. The van der Waals surface area contributed by atoms with Gasteiger partial charge in [-0.15, -0.1) is 0 Å². The molecule has 2 aliphatic rings. The average Bonchev–Trinajstić information content (AvgIpc) is 2.53. The summed E-state index contributed by atoms with van der Waals surface area (Å²) in [4.78, 5) is 14.4. The summed E-state index contributed by atoms with van der Waals surface area (Å²) in [6.45, 7) is -0.281. The Hall–Kier alpha value is -2.50. The first-order chi connectivity index (χ1) is 10.5. The molecule has 1 aromatic carbocycles. The van der Waals surface area contributed by atoms with E-state index >= 15 is 0 Å². The summed E-state index contributed by atoms with van der Waals surface area (Å²) in [5.41, 5.74) is -0.331. The first kappa shape index (κ1) is 14.4. The number of carbonyl (C=O) groups is 1. The van der Waals surface area contributed by atoms with Gasteiger partial charge in [-0.1, -0.05) is 30.3 Å². The van der Waals surface area contributed by atoms with E-state index in [-0.39, 0.29) is 12.4 Å². The van der Waals surface area contributed by atoms with E-state index in [4.69, 9.17) is 0 Å². The number of halogens is 3. The number of hydrogen-bond donors (Lipinski definition) is 0. The highest BCUT2D eigenvalue weighted by Gasteiger charge is 2.33. The molecule has 6 heteroatoms. The van der Waals surface area contributed by atoms with Crippen molar-refractivity contribution in [2.75, 3.05) is 0 Å². The van der Waals surface area contributed by atoms with Gasteiger partial charge in [-0.05, 0) is 42.2 Å². The van der Waals surface area contributed by atoms with Crippen LogP contribution in [0.5, 0.6) is 0 Å². The van der Waals surface area contributed by atoms with Crippen LogP contribution in [0.15, 0.2) is 72.4 Å². The number of ketones is 1. The molecule has 0 saturated heterocycles. The van der Waals surface area contributed by atoms with E-state index < -0.39 is 17.5 Å². The van der Waals surface area contributed by atoms with Gasteiger partial charge in [-0.3, -0.25) is 4.79 Å². The number of fused-ring (bicyclic) bond motifs is 1. The van der Waals surface area contributed by atoms with Gasteiger partial charge in [0.15, 0.2) is 5.78 Å². The van der Waals surface area contributed by atoms with E-state index in [0.717, 1.165) is 12.1 Å². The van der Waals surface area contributed by atoms with E-state index in [9.17, 15) is 18.0 Å². The van der Waals surface area contributed by atoms with Crippen LogP contribution in [0.4, 0.5) is 13.2 Å². The first-order valence-electron chi connectivity index (χ1n) is 6.69. The summed E-state index contributed by atoms with van der Waals surface area (Å²) in [7, 11) is 0. The summed E-state index contributed by atoms with van der Waals surface area (Å²) in [6.07, 6.45) is 6.16. The molecule has 0 aromatic heterocycles. The lowest BCUT2D eigenvalue weighted by Crippen LogP contribution is -2.37. The highest BCUT2D eigenvalue weighted by molar-refractivity contribution is 6.76. The van der Waals surface area contributed by atoms with Crippen LogP contribution in [0.25, 0.3) is 0 Å². The van der Waals surface area contributed by atoms with Gasteiger partial charge in [0, 0.05) is 5.56 Å². The molecule has 2 aliphatic heterocycles. The summed E-state index contributed by atoms with van der Waals surface area (Å²) < 4.78 is 38.3. The van der Waals surface area contributed by atoms with Crippen LogP contribution < -0.4 is 0 Å². The lowest BCUT2D eigenvalue weighted by molar-refractivity contribution is -0.137. The van der Waals surface area contributed by atoms with Crippen LogP contribution in [0.2, 0.25) is 0 Å². The Labute approximate surface area is 126 Å². The number of rotatable bonds is 2. The van der Waals surface area contributed by atoms with Gasteiger partial charge in [-0.2, -0.15) is 13.2 Å². The molecule has 0 spiro atoms. The van der Waals surface area contributed by atoms with E-state index in [1.807, 2.05) is 35.3 Å². The van der Waals surface area contributed by atoms with Crippen molar-refractivity contribution < 1.29 is 18.0 Å². The lowest BCUT2D eigenvalue weighted by Gasteiger charge is -2.28. The largest absolute Gasteiger partial charge is 0.416 e. The van der Waals surface area contributed by atoms with Crippen LogP contribution >= 0.6 is 0 Å². The molecule has 0 fully saturated rings. The molecular weight excluding hydrogens is 290 g/mol. The van der Waals surface area contributed by atoms with Gasteiger partial charge in [0.2, 0.25) is 0 Å². The molecule has 0 N–H and O–H groups in total. The molecule has 0 amide bonds. The Balaban J connectivity index is 1.94. The van der Waals surface area contributed by atoms with Crippen molar-refractivity contribution in [3.05, 3.63) is 83.5 Å². The molecule has 3 rings (SSSR count). The molecule has 22 heavy (non-hydrogen) atoms. The van der Waals surface area contributed by atoms with Crippen molar-refractivity contribution in [1.82, 2.24) is 4.81 Å². The maximum atomic E-state index is 12.8. The van der Waals surface area contributed by atoms with Crippen LogP contribution in [-0.2, 0) is 6.18 Å². The maximum Gasteiger partial charge on any atom is 0.416 e. The zero-order valence-electron chi connectivity index (χ0n) is 11.4. The van der Waals surface area contributed by atoms with Crippen LogP contribution in [0.3, 0.4) is 0 Å². The monoisotopic (exact) mass is 301 g/mol. The predicted octanol–water partition coefficient (Wildman–Crippen LogP) is 3.80. The predicted molar refractivity (Wildman–Crippen MR) is 78.9 cm³/mol. The molecule has 1 aromatic rings. The molecule has 0 bridgehead atoms. The van der Waals surface area contributed by atoms with E-state index in [2.05, 4.69) is 0 Å². The van der Waals surface area contributed by atoms with Gasteiger partial charge in [0.1, 0.15) is 0 Å². The smallest absolute Gasteiger partial charge is 0.389 e. The number of Topliss-reactive ketones (excluding diaryl/α,β-unsaturated/α-hetero) is 1. The summed E-state index contributed by atoms with van der Waals surface area (Å²) in [6, 6.07) is 4.52. The third-order valence-corrected chi connectivity index (χ3v) is 3.55. The molecule has 0 radical (unpaired) electrons. The summed E-state index contributed by atoms with van der Waals surface area (Å²) >= 11 is 0. The fourth-order valence-electron chi connectivity index (χ4n) is 2.48. The minimum atomic E-state index is -4.46. The quantitative estimate of drug-likeness (QED) is 0.612. The highest BCUT2D eigenvalue weighted by Crippen LogP contribution is 2.30. The SMILES string of the molecule is O=C(C1=CC=CN2C=CC=CB12)c1cccc(C(F)(F)F)c1. The van der Waals surface area contributed by atoms with Crippen molar-refractivity contribution >= 4 is 12.6 Å². The number of hydrogen-bond acceptors (Lipinski definition) is 2. The zero-order chi connectivity index (χ0) is 15.7. The topological polar surface area (TPSA) is 20.3 Å². The Morgan fingerprint density at radius 2 is 1.86 bits per heavy atom. The van der Waals surface area contributed by atoms with E-state index in [1.54, 1.807) is 12.2 Å². The number of alkyl halides is 3. The van der Waals surface area contributed by atoms with Crippen LogP contribution in [0.1, 0.15) is 15.9 Å². The molecule has 0 atom stereocenters. The standard InChI is InChI=1S/C16H11BF3NO/c18-16(19,20)13-6-3-5-12(11-13)15(22)14-7-4-10-21-9-2-1-8-17(14)21/h1-11H. The number of allylic oxidation sites excluding steroid dienone is 5. The van der Waals surface area contributed by atoms with Crippen LogP contribution in [0, 0.1) is 0 Å². The highest BCUT2D eigenvalue weighted by atomic mass is 19.4. The summed E-state index contributed by atoms with van der Waals surface area (Å²) in [5.74, 6) is 1.44. The normalized spacial score (nSPS) is 16.6. The third-order valence-electron chi connectivity index (χ3n) is 3.55. The van der Waals surface area contributed by atoms with Gasteiger partial charge in [0.25, 0.3) is 0 Å². The molecular formula is C16H11BF3NO. The molecule has 2 heterocycles. The number of nitrogens with zero attached hydrogens (tertiary/aromatic N) is 1. The van der Waals surface area contributed by atoms with Gasteiger partial charge >= 0.3 is 13.0 Å². The minimum absolute atomic E-state index is 0.0410. The second-order valence-corrected chi connectivity index (χ2v) is 4.99. The van der Waals surface area contributed by atoms with Crippen molar-refractivity contribution in [2.24, 2.45) is 0 Å². The maximum absolute atomic E-state index is 12.8. The fourth-order valence-corrected chi connectivity index (χ4v) is 2.48. The second-order valence-electron chi connectivity index (χ2n) is 4.99. The van der Waals surface area contributed by atoms with Gasteiger partial charge < -0.3 is 4.81 Å². The Kier molecular flexibility index (Phi) is 3.52. The summed E-state index contributed by atoms with van der Waals surface area (Å²) in [5, 5.41) is 0. The lowest BCUT2D eigenvalue weighted by atomic mass is 9.50. The van der Waals surface area contributed by atoms with Crippen molar-refractivity contribution in [2.45, 2.75) is 6.18 Å². The molecule has 0 unspecified atom stereocenters. The molecule has 0 saturated carbocycles. The second kappa shape index (κ2) is 5.37. The number of carbonyl (C=O) groups excluding carboxylic acids is 1. The van der Waals surface area contributed by atoms with Crippen molar-refractivity contribution in [3.63, 3.8) is 0 Å². The Morgan fingerprint density at radius 3 is 2.64 bits per heavy atom. The minimum Gasteiger partial charge on any atom is -0.389 e. The fraction of sp³-hybridized carbons (Fsp3) is 0.0625. The van der Waals surface area contributed by atoms with E-state index in [1.165, 1.54) is 12.1 Å². The van der Waals surface area contributed by atoms with Crippen molar-refractivity contribution in [3.8, 4) is 0 Å². The van der Waals surface area contributed by atoms with E-state index in [0.29, 0.717) is 5.47 Å². The Morgan fingerprint density at radius 1 is 1.09 bits per heavy atom. The van der Waals surface area contributed by atoms with Gasteiger partial charge in [0.05, 0.1) is 5.56 Å². The zero-order valence-corrected chi connectivity index (χ0v) is 11.4. The van der Waals surface area contributed by atoms with Gasteiger partial charge in [-0.25, -0.2) is 0 Å². The number of benzene rings is 1. The molecule has 2 nitrogen and oxygen atoms in total. The molecule has 110 valence electrons. The van der Waals surface area contributed by atoms with Crippen LogP contribution in [-0.4, -0.2) is 17.4 Å². The Bertz CT molecular complexity index is 731.